The second kappa shape index (κ2) is 6.80. The summed E-state index contributed by atoms with van der Waals surface area (Å²) >= 11 is 0. The van der Waals surface area contributed by atoms with Crippen LogP contribution >= 0.6 is 0 Å². The SMILES string of the molecule is CO[C@@H]1CC(c2ncc[nH]2)N(C(=O)Cc2nc(-c3ccco3)oc2C)C1. The first-order valence-electron chi connectivity index (χ1n) is 8.47. The van der Waals surface area contributed by atoms with Crippen LogP contribution in [0.3, 0.4) is 0 Å². The van der Waals surface area contributed by atoms with Crippen LogP contribution in [0.1, 0.15) is 29.7 Å². The van der Waals surface area contributed by atoms with Crippen molar-refractivity contribution in [3.63, 3.8) is 0 Å². The van der Waals surface area contributed by atoms with Crippen LogP contribution in [0.2, 0.25) is 0 Å². The van der Waals surface area contributed by atoms with E-state index in [0.29, 0.717) is 36.1 Å². The molecular weight excluding hydrogens is 336 g/mol. The number of hydrogen-bond acceptors (Lipinski definition) is 6. The van der Waals surface area contributed by atoms with Gasteiger partial charge < -0.3 is 23.5 Å². The Hall–Kier alpha value is -2.87. The highest BCUT2D eigenvalue weighted by atomic mass is 16.5. The zero-order chi connectivity index (χ0) is 18.1. The summed E-state index contributed by atoms with van der Waals surface area (Å²) in [5, 5.41) is 0. The lowest BCUT2D eigenvalue weighted by Crippen LogP contribution is -2.33. The summed E-state index contributed by atoms with van der Waals surface area (Å²) in [6.07, 6.45) is 5.87. The van der Waals surface area contributed by atoms with Crippen LogP contribution in [0, 0.1) is 6.92 Å². The fourth-order valence-corrected chi connectivity index (χ4v) is 3.31. The molecular formula is C18H20N4O4. The molecule has 4 rings (SSSR count). The summed E-state index contributed by atoms with van der Waals surface area (Å²) < 4.78 is 16.4. The molecule has 0 radical (unpaired) electrons. The number of aromatic amines is 1. The van der Waals surface area contributed by atoms with Gasteiger partial charge in [-0.3, -0.25) is 4.79 Å². The number of hydrogen-bond donors (Lipinski definition) is 1. The number of aromatic nitrogens is 3. The fraction of sp³-hybridized carbons (Fsp3) is 0.389. The molecule has 1 fully saturated rings. The number of likely N-dealkylation sites (tertiary alicyclic amines) is 1. The van der Waals surface area contributed by atoms with Crippen LogP contribution in [0.15, 0.2) is 39.6 Å². The van der Waals surface area contributed by atoms with Gasteiger partial charge in [0.15, 0.2) is 5.76 Å². The van der Waals surface area contributed by atoms with E-state index < -0.39 is 0 Å². The molecule has 1 unspecified atom stereocenters. The molecule has 1 N–H and O–H groups in total. The molecule has 1 amide bonds. The number of carbonyl (C=O) groups excluding carboxylic acids is 1. The highest BCUT2D eigenvalue weighted by molar-refractivity contribution is 5.79. The van der Waals surface area contributed by atoms with Gasteiger partial charge in [-0.15, -0.1) is 0 Å². The summed E-state index contributed by atoms with van der Waals surface area (Å²) in [5.74, 6) is 2.27. The van der Waals surface area contributed by atoms with Crippen molar-refractivity contribution >= 4 is 5.91 Å². The smallest absolute Gasteiger partial charge is 0.263 e. The van der Waals surface area contributed by atoms with Crippen molar-refractivity contribution in [2.24, 2.45) is 0 Å². The maximum Gasteiger partial charge on any atom is 0.263 e. The average molecular weight is 356 g/mol. The number of methoxy groups -OCH3 is 1. The fourth-order valence-electron chi connectivity index (χ4n) is 3.31. The number of amides is 1. The van der Waals surface area contributed by atoms with Crippen molar-refractivity contribution < 1.29 is 18.4 Å². The summed E-state index contributed by atoms with van der Waals surface area (Å²) in [7, 11) is 1.66. The number of rotatable bonds is 5. The highest BCUT2D eigenvalue weighted by Gasteiger charge is 2.38. The van der Waals surface area contributed by atoms with E-state index in [9.17, 15) is 4.79 Å². The zero-order valence-electron chi connectivity index (χ0n) is 14.6. The Labute approximate surface area is 150 Å². The van der Waals surface area contributed by atoms with Crippen LogP contribution in [-0.4, -0.2) is 45.5 Å². The van der Waals surface area contributed by atoms with Gasteiger partial charge in [0.05, 0.1) is 30.5 Å². The topological polar surface area (TPSA) is 97.4 Å². The van der Waals surface area contributed by atoms with Gasteiger partial charge in [0.2, 0.25) is 5.91 Å². The molecule has 0 bridgehead atoms. The largest absolute Gasteiger partial charge is 0.459 e. The number of carbonyl (C=O) groups is 1. The Morgan fingerprint density at radius 3 is 3.08 bits per heavy atom. The van der Waals surface area contributed by atoms with Crippen molar-refractivity contribution in [2.75, 3.05) is 13.7 Å². The van der Waals surface area contributed by atoms with Crippen LogP contribution < -0.4 is 0 Å². The second-order valence-corrected chi connectivity index (χ2v) is 6.31. The molecule has 0 aromatic carbocycles. The van der Waals surface area contributed by atoms with E-state index in [1.54, 1.807) is 49.7 Å². The first-order chi connectivity index (χ1) is 12.7. The molecule has 0 spiro atoms. The number of ether oxygens (including phenoxy) is 1. The highest BCUT2D eigenvalue weighted by Crippen LogP contribution is 2.32. The van der Waals surface area contributed by atoms with E-state index in [2.05, 4.69) is 15.0 Å². The van der Waals surface area contributed by atoms with Gasteiger partial charge in [0.25, 0.3) is 5.89 Å². The van der Waals surface area contributed by atoms with Gasteiger partial charge >= 0.3 is 0 Å². The summed E-state index contributed by atoms with van der Waals surface area (Å²) in [6.45, 7) is 2.33. The van der Waals surface area contributed by atoms with Gasteiger partial charge in [-0.1, -0.05) is 0 Å². The second-order valence-electron chi connectivity index (χ2n) is 6.31. The van der Waals surface area contributed by atoms with Crippen LogP contribution in [0.25, 0.3) is 11.7 Å². The molecule has 4 heterocycles. The third-order valence-electron chi connectivity index (χ3n) is 4.69. The Morgan fingerprint density at radius 2 is 2.38 bits per heavy atom. The van der Waals surface area contributed by atoms with Crippen molar-refractivity contribution in [3.8, 4) is 11.7 Å². The van der Waals surface area contributed by atoms with Gasteiger partial charge in [-0.2, -0.15) is 0 Å². The van der Waals surface area contributed by atoms with Crippen LogP contribution in [0.5, 0.6) is 0 Å². The van der Waals surface area contributed by atoms with E-state index in [1.807, 2.05) is 0 Å². The molecule has 0 aliphatic carbocycles. The first kappa shape index (κ1) is 16.6. The van der Waals surface area contributed by atoms with Gasteiger partial charge in [-0.25, -0.2) is 9.97 Å². The minimum Gasteiger partial charge on any atom is -0.459 e. The molecule has 8 nitrogen and oxygen atoms in total. The first-order valence-corrected chi connectivity index (χ1v) is 8.47. The van der Waals surface area contributed by atoms with E-state index >= 15 is 0 Å². The molecule has 1 aliphatic rings. The lowest BCUT2D eigenvalue weighted by atomic mass is 10.1. The van der Waals surface area contributed by atoms with Crippen molar-refractivity contribution in [1.82, 2.24) is 19.9 Å². The lowest BCUT2D eigenvalue weighted by Gasteiger charge is -2.22. The predicted molar refractivity (Wildman–Crippen MR) is 91.1 cm³/mol. The zero-order valence-corrected chi connectivity index (χ0v) is 14.6. The van der Waals surface area contributed by atoms with Gasteiger partial charge in [-0.05, 0) is 19.1 Å². The van der Waals surface area contributed by atoms with Crippen LogP contribution in [0.4, 0.5) is 0 Å². The van der Waals surface area contributed by atoms with Crippen molar-refractivity contribution in [2.45, 2.75) is 31.9 Å². The number of H-pyrrole nitrogens is 1. The number of nitrogens with one attached hydrogen (secondary N) is 1. The Balaban J connectivity index is 1.54. The molecule has 1 saturated heterocycles. The summed E-state index contributed by atoms with van der Waals surface area (Å²) in [6, 6.07) is 3.41. The normalized spacial score (nSPS) is 20.0. The molecule has 3 aromatic heterocycles. The number of oxazole rings is 1. The Bertz CT molecular complexity index is 869. The van der Waals surface area contributed by atoms with E-state index in [1.165, 1.54) is 0 Å². The molecule has 0 saturated carbocycles. The molecule has 2 atom stereocenters. The standard InChI is InChI=1S/C18H20N4O4/c1-11-13(21-18(26-11)15-4-3-7-25-15)9-16(23)22-10-12(24-2)8-14(22)17-19-5-6-20-17/h3-7,12,14H,8-10H2,1-2H3,(H,19,20)/t12-,14?/m1/s1. The third-order valence-corrected chi connectivity index (χ3v) is 4.69. The Morgan fingerprint density at radius 1 is 1.50 bits per heavy atom. The van der Waals surface area contributed by atoms with E-state index in [0.717, 1.165) is 5.82 Å². The number of furan rings is 1. The van der Waals surface area contributed by atoms with Crippen molar-refractivity contribution in [3.05, 3.63) is 48.1 Å². The summed E-state index contributed by atoms with van der Waals surface area (Å²) in [4.78, 5) is 26.6. The maximum absolute atomic E-state index is 13.0. The van der Waals surface area contributed by atoms with E-state index in [4.69, 9.17) is 13.6 Å². The predicted octanol–water partition coefficient (Wildman–Crippen LogP) is 2.50. The number of nitrogens with zero attached hydrogens (tertiary/aromatic N) is 3. The molecule has 1 aliphatic heterocycles. The number of imidazole rings is 1. The average Bonchev–Trinajstić information content (AvgIpc) is 3.42. The maximum atomic E-state index is 13.0. The Kier molecular flexibility index (Phi) is 4.34. The third kappa shape index (κ3) is 3.03. The van der Waals surface area contributed by atoms with Crippen molar-refractivity contribution in [1.29, 1.82) is 0 Å². The van der Waals surface area contributed by atoms with Crippen LogP contribution in [-0.2, 0) is 16.0 Å². The quantitative estimate of drug-likeness (QED) is 0.754. The van der Waals surface area contributed by atoms with Gasteiger partial charge in [0.1, 0.15) is 11.6 Å². The molecule has 26 heavy (non-hydrogen) atoms. The molecule has 3 aromatic rings. The molecule has 136 valence electrons. The number of aryl methyl sites for hydroxylation is 1. The minimum atomic E-state index is -0.126. The molecule has 8 heteroatoms. The van der Waals surface area contributed by atoms with Gasteiger partial charge in [0, 0.05) is 32.5 Å². The van der Waals surface area contributed by atoms with E-state index in [-0.39, 0.29) is 24.5 Å². The lowest BCUT2D eigenvalue weighted by molar-refractivity contribution is -0.132. The monoisotopic (exact) mass is 356 g/mol. The minimum absolute atomic E-state index is 0.00821. The summed E-state index contributed by atoms with van der Waals surface area (Å²) in [5.41, 5.74) is 0.612.